The van der Waals surface area contributed by atoms with Crippen LogP contribution in [-0.4, -0.2) is 4.98 Å². The second-order valence-corrected chi connectivity index (χ2v) is 6.30. The molecule has 6 heteroatoms. The molecule has 2 rings (SSSR count). The molecule has 0 radical (unpaired) electrons. The normalized spacial score (nSPS) is 12.2. The molecule has 1 N–H and O–H groups in total. The molecule has 0 fully saturated rings. The minimum Gasteiger partial charge on any atom is -0.377 e. The highest BCUT2D eigenvalue weighted by atomic mass is 79.9. The van der Waals surface area contributed by atoms with Gasteiger partial charge in [-0.1, -0.05) is 47.8 Å². The first-order valence-electron chi connectivity index (χ1n) is 6.03. The maximum atomic E-state index is 6.07. The molecule has 1 atom stereocenters. The van der Waals surface area contributed by atoms with Crippen molar-refractivity contribution in [2.75, 3.05) is 5.32 Å². The van der Waals surface area contributed by atoms with E-state index in [1.807, 2.05) is 18.2 Å². The van der Waals surface area contributed by atoms with Gasteiger partial charge in [-0.2, -0.15) is 0 Å². The molecule has 1 unspecified atom stereocenters. The predicted octanol–water partition coefficient (Wildman–Crippen LogP) is 6.37. The monoisotopic (exact) mass is 392 g/mol. The Kier molecular flexibility index (Phi) is 5.56. The summed E-state index contributed by atoms with van der Waals surface area (Å²) in [4.78, 5) is 4.10. The number of benzene rings is 1. The molecule has 1 aromatic heterocycles. The van der Waals surface area contributed by atoms with E-state index in [0.717, 1.165) is 22.1 Å². The van der Waals surface area contributed by atoms with Crippen LogP contribution in [0.25, 0.3) is 0 Å². The molecule has 2 nitrogen and oxygen atoms in total. The number of pyridine rings is 1. The third kappa shape index (κ3) is 3.79. The number of hydrogen-bond donors (Lipinski definition) is 1. The summed E-state index contributed by atoms with van der Waals surface area (Å²) in [5.41, 5.74) is 1.96. The fourth-order valence-electron chi connectivity index (χ4n) is 1.85. The summed E-state index contributed by atoms with van der Waals surface area (Å²) in [6.45, 7) is 2.10. The van der Waals surface area contributed by atoms with Crippen molar-refractivity contribution in [2.24, 2.45) is 0 Å². The fourth-order valence-corrected chi connectivity index (χ4v) is 2.61. The standard InChI is InChI=1S/C14H12BrCl3N2/c1-2-13(8-3-4-11(16)12(17)5-8)20-9-6-10(15)14(18)19-7-9/h3-7,13,20H,2H2,1H3. The highest BCUT2D eigenvalue weighted by Gasteiger charge is 2.12. The predicted molar refractivity (Wildman–Crippen MR) is 90.1 cm³/mol. The van der Waals surface area contributed by atoms with Crippen LogP contribution >= 0.6 is 50.7 Å². The summed E-state index contributed by atoms with van der Waals surface area (Å²) < 4.78 is 0.758. The molecule has 1 aromatic carbocycles. The quantitative estimate of drug-likeness (QED) is 0.610. The molecule has 0 aliphatic carbocycles. The number of hydrogen-bond acceptors (Lipinski definition) is 2. The van der Waals surface area contributed by atoms with Gasteiger partial charge in [0.15, 0.2) is 0 Å². The van der Waals surface area contributed by atoms with Crippen molar-refractivity contribution in [1.29, 1.82) is 0 Å². The second-order valence-electron chi connectivity index (χ2n) is 4.28. The molecule has 2 aromatic rings. The van der Waals surface area contributed by atoms with Gasteiger partial charge in [-0.15, -0.1) is 0 Å². The molecule has 0 amide bonds. The number of aromatic nitrogens is 1. The molecule has 0 saturated heterocycles. The summed E-state index contributed by atoms with van der Waals surface area (Å²) in [6, 6.07) is 7.67. The first-order valence-corrected chi connectivity index (χ1v) is 7.96. The molecular weight excluding hydrogens is 382 g/mol. The van der Waals surface area contributed by atoms with Crippen LogP contribution in [0.5, 0.6) is 0 Å². The Balaban J connectivity index is 2.23. The van der Waals surface area contributed by atoms with Gasteiger partial charge in [0, 0.05) is 0 Å². The van der Waals surface area contributed by atoms with E-state index in [1.54, 1.807) is 12.3 Å². The lowest BCUT2D eigenvalue weighted by molar-refractivity contribution is 0.748. The van der Waals surface area contributed by atoms with Gasteiger partial charge >= 0.3 is 0 Å². The van der Waals surface area contributed by atoms with Crippen molar-refractivity contribution >= 4 is 56.4 Å². The van der Waals surface area contributed by atoms with E-state index < -0.39 is 0 Å². The van der Waals surface area contributed by atoms with Crippen LogP contribution in [0.4, 0.5) is 5.69 Å². The molecule has 106 valence electrons. The van der Waals surface area contributed by atoms with Crippen molar-refractivity contribution in [3.8, 4) is 0 Å². The first-order chi connectivity index (χ1) is 9.51. The van der Waals surface area contributed by atoms with Gasteiger partial charge in [0.25, 0.3) is 0 Å². The number of rotatable bonds is 4. The minimum absolute atomic E-state index is 0.125. The zero-order valence-corrected chi connectivity index (χ0v) is 14.5. The van der Waals surface area contributed by atoms with Crippen LogP contribution < -0.4 is 5.32 Å². The van der Waals surface area contributed by atoms with Gasteiger partial charge in [-0.25, -0.2) is 4.98 Å². The van der Waals surface area contributed by atoms with E-state index in [9.17, 15) is 0 Å². The van der Waals surface area contributed by atoms with E-state index >= 15 is 0 Å². The molecule has 0 saturated carbocycles. The summed E-state index contributed by atoms with van der Waals surface area (Å²) in [6.07, 6.45) is 2.60. The van der Waals surface area contributed by atoms with Crippen molar-refractivity contribution in [2.45, 2.75) is 19.4 Å². The van der Waals surface area contributed by atoms with E-state index in [1.165, 1.54) is 0 Å². The number of nitrogens with one attached hydrogen (secondary N) is 1. The number of halogens is 4. The molecule has 0 aliphatic rings. The van der Waals surface area contributed by atoms with Crippen LogP contribution in [0.1, 0.15) is 24.9 Å². The largest absolute Gasteiger partial charge is 0.377 e. The Bertz CT molecular complexity index is 619. The van der Waals surface area contributed by atoms with Crippen molar-refractivity contribution in [3.05, 3.63) is 55.7 Å². The fraction of sp³-hybridized carbons (Fsp3) is 0.214. The van der Waals surface area contributed by atoms with E-state index in [0.29, 0.717) is 15.2 Å². The topological polar surface area (TPSA) is 24.9 Å². The van der Waals surface area contributed by atoms with Crippen LogP contribution in [-0.2, 0) is 0 Å². The summed E-state index contributed by atoms with van der Waals surface area (Å²) in [7, 11) is 0. The number of nitrogens with zero attached hydrogens (tertiary/aromatic N) is 1. The van der Waals surface area contributed by atoms with Gasteiger partial charge in [0.05, 0.1) is 32.4 Å². The Morgan fingerprint density at radius 2 is 1.95 bits per heavy atom. The van der Waals surface area contributed by atoms with Crippen LogP contribution in [0.2, 0.25) is 15.2 Å². The summed E-state index contributed by atoms with van der Waals surface area (Å²) in [5.74, 6) is 0. The van der Waals surface area contributed by atoms with Crippen LogP contribution in [0, 0.1) is 0 Å². The highest BCUT2D eigenvalue weighted by Crippen LogP contribution is 2.30. The first kappa shape index (κ1) is 15.9. The van der Waals surface area contributed by atoms with Crippen molar-refractivity contribution < 1.29 is 0 Å². The van der Waals surface area contributed by atoms with E-state index in [4.69, 9.17) is 34.8 Å². The van der Waals surface area contributed by atoms with Crippen LogP contribution in [0.3, 0.4) is 0 Å². The Morgan fingerprint density at radius 1 is 1.20 bits per heavy atom. The Labute approximate surface area is 141 Å². The van der Waals surface area contributed by atoms with Gasteiger partial charge in [-0.05, 0) is 46.1 Å². The Hall–Kier alpha value is -0.480. The summed E-state index contributed by atoms with van der Waals surface area (Å²) >= 11 is 21.3. The van der Waals surface area contributed by atoms with Gasteiger partial charge < -0.3 is 5.32 Å². The number of anilines is 1. The molecule has 0 aliphatic heterocycles. The molecule has 0 spiro atoms. The van der Waals surface area contributed by atoms with Gasteiger partial charge in [0.1, 0.15) is 5.15 Å². The molecule has 20 heavy (non-hydrogen) atoms. The lowest BCUT2D eigenvalue weighted by Gasteiger charge is -2.19. The molecular formula is C14H12BrCl3N2. The van der Waals surface area contributed by atoms with E-state index in [-0.39, 0.29) is 6.04 Å². The van der Waals surface area contributed by atoms with Crippen molar-refractivity contribution in [3.63, 3.8) is 0 Å². The molecule has 1 heterocycles. The van der Waals surface area contributed by atoms with Gasteiger partial charge in [-0.3, -0.25) is 0 Å². The highest BCUT2D eigenvalue weighted by molar-refractivity contribution is 9.10. The lowest BCUT2D eigenvalue weighted by Crippen LogP contribution is -2.10. The zero-order valence-electron chi connectivity index (χ0n) is 10.6. The average Bonchev–Trinajstić information content (AvgIpc) is 2.43. The smallest absolute Gasteiger partial charge is 0.143 e. The maximum absolute atomic E-state index is 6.07. The Morgan fingerprint density at radius 3 is 2.55 bits per heavy atom. The third-order valence-electron chi connectivity index (χ3n) is 2.89. The third-order valence-corrected chi connectivity index (χ3v) is 4.76. The maximum Gasteiger partial charge on any atom is 0.143 e. The van der Waals surface area contributed by atoms with Crippen LogP contribution in [0.15, 0.2) is 34.9 Å². The van der Waals surface area contributed by atoms with E-state index in [2.05, 4.69) is 33.2 Å². The van der Waals surface area contributed by atoms with Crippen molar-refractivity contribution in [1.82, 2.24) is 4.98 Å². The minimum atomic E-state index is 0.125. The lowest BCUT2D eigenvalue weighted by atomic mass is 10.0. The average molecular weight is 395 g/mol. The molecule has 0 bridgehead atoms. The zero-order chi connectivity index (χ0) is 14.7. The second kappa shape index (κ2) is 6.99. The van der Waals surface area contributed by atoms with Gasteiger partial charge in [0.2, 0.25) is 0 Å². The summed E-state index contributed by atoms with van der Waals surface area (Å²) in [5, 5.41) is 4.96. The SMILES string of the molecule is CCC(Nc1cnc(Cl)c(Br)c1)c1ccc(Cl)c(Cl)c1.